The maximum Gasteiger partial charge on any atom is 0.295 e. The minimum Gasteiger partial charge on any atom is -0.494 e. The Morgan fingerprint density at radius 1 is 1.16 bits per heavy atom. The van der Waals surface area contributed by atoms with Crippen LogP contribution in [0.2, 0.25) is 0 Å². The van der Waals surface area contributed by atoms with Gasteiger partial charge in [0.2, 0.25) is 0 Å². The molecular weight excluding hydrogens is 406 g/mol. The number of hydrogen-bond donors (Lipinski definition) is 1. The van der Waals surface area contributed by atoms with Crippen LogP contribution in [0.1, 0.15) is 33.6 Å². The number of Topliss-reactive ketones (excluding diaryl/α,β-unsaturated/α-hetero) is 1. The number of hydrogen-bond acceptors (Lipinski definition) is 6. The molecule has 1 aliphatic carbocycles. The van der Waals surface area contributed by atoms with Gasteiger partial charge in [0.05, 0.1) is 35.5 Å². The van der Waals surface area contributed by atoms with Gasteiger partial charge in [-0.2, -0.15) is 0 Å². The number of carbonyl (C=O) groups excluding carboxylic acids is 2. The normalized spacial score (nSPS) is 15.7. The summed E-state index contributed by atoms with van der Waals surface area (Å²) in [7, 11) is 1.53. The monoisotopic (exact) mass is 431 g/mol. The fourth-order valence-electron chi connectivity index (χ4n) is 4.56. The molecular formula is C24H25N5O3. The fraction of sp³-hybridized carbons (Fsp3) is 0.333. The highest BCUT2D eigenvalue weighted by atomic mass is 16.5. The first-order valence-electron chi connectivity index (χ1n) is 10.8. The number of piperazine rings is 1. The third-order valence-electron chi connectivity index (χ3n) is 6.31. The predicted octanol–water partition coefficient (Wildman–Crippen LogP) is 2.77. The third-order valence-corrected chi connectivity index (χ3v) is 6.31. The van der Waals surface area contributed by atoms with Crippen LogP contribution in [-0.2, 0) is 11.2 Å². The van der Waals surface area contributed by atoms with Crippen molar-refractivity contribution in [1.82, 2.24) is 19.9 Å². The molecule has 1 fully saturated rings. The van der Waals surface area contributed by atoms with Crippen molar-refractivity contribution in [2.45, 2.75) is 19.8 Å². The third kappa shape index (κ3) is 3.32. The van der Waals surface area contributed by atoms with Crippen molar-refractivity contribution >= 4 is 34.5 Å². The van der Waals surface area contributed by atoms with Crippen LogP contribution >= 0.6 is 0 Å². The number of ketones is 1. The van der Waals surface area contributed by atoms with Crippen molar-refractivity contribution in [2.75, 3.05) is 38.2 Å². The Bertz CT molecular complexity index is 1240. The number of nitrogens with zero attached hydrogens (tertiary/aromatic N) is 4. The van der Waals surface area contributed by atoms with E-state index in [1.165, 1.54) is 18.2 Å². The Morgan fingerprint density at radius 2 is 1.97 bits per heavy atom. The number of pyridine rings is 2. The Hall–Kier alpha value is -3.68. The van der Waals surface area contributed by atoms with Gasteiger partial charge in [0.15, 0.2) is 0 Å². The Morgan fingerprint density at radius 3 is 2.75 bits per heavy atom. The molecule has 8 heteroatoms. The number of nitrogens with one attached hydrogen (secondary N) is 1. The topological polar surface area (TPSA) is 91.4 Å². The highest BCUT2D eigenvalue weighted by Gasteiger charge is 2.30. The number of fused-ring (bicyclic) bond motifs is 2. The average molecular weight is 431 g/mol. The van der Waals surface area contributed by atoms with Gasteiger partial charge in [0, 0.05) is 44.1 Å². The first-order chi connectivity index (χ1) is 15.6. The second-order valence-corrected chi connectivity index (χ2v) is 8.12. The van der Waals surface area contributed by atoms with E-state index in [9.17, 15) is 9.59 Å². The molecule has 0 radical (unpaired) electrons. The highest BCUT2D eigenvalue weighted by molar-refractivity contribution is 6.45. The molecule has 32 heavy (non-hydrogen) atoms. The van der Waals surface area contributed by atoms with Crippen molar-refractivity contribution in [3.63, 3.8) is 0 Å². The number of methoxy groups -OCH3 is 1. The number of H-pyrrole nitrogens is 1. The molecule has 0 aromatic carbocycles. The second kappa shape index (κ2) is 8.11. The van der Waals surface area contributed by atoms with E-state index in [1.807, 2.05) is 13.1 Å². The minimum atomic E-state index is -0.535. The summed E-state index contributed by atoms with van der Waals surface area (Å²) in [5.74, 6) is 0.402. The molecule has 1 saturated heterocycles. The Kier molecular flexibility index (Phi) is 5.13. The Labute approximate surface area is 185 Å². The zero-order valence-corrected chi connectivity index (χ0v) is 18.2. The second-order valence-electron chi connectivity index (χ2n) is 8.12. The number of allylic oxidation sites excluding steroid dienone is 1. The number of aromatic amines is 1. The summed E-state index contributed by atoms with van der Waals surface area (Å²) in [4.78, 5) is 42.0. The number of carbonyl (C=O) groups is 2. The molecule has 0 saturated carbocycles. The fourth-order valence-corrected chi connectivity index (χ4v) is 4.56. The number of ether oxygens (including phenoxy) is 1. The van der Waals surface area contributed by atoms with E-state index in [4.69, 9.17) is 4.74 Å². The molecule has 3 aromatic rings. The van der Waals surface area contributed by atoms with Crippen LogP contribution in [0.4, 0.5) is 5.82 Å². The number of amides is 1. The predicted molar refractivity (Wildman–Crippen MR) is 122 cm³/mol. The minimum absolute atomic E-state index is 0.318. The quantitative estimate of drug-likeness (QED) is 0.505. The van der Waals surface area contributed by atoms with Crippen molar-refractivity contribution in [3.8, 4) is 5.75 Å². The SMILES string of the molecule is COc1cnc(C)c2[nH]cc(C(=O)C(=O)N3CCN(c4nccc5c4C=CCC5)CC3)c12. The maximum atomic E-state index is 13.1. The lowest BCUT2D eigenvalue weighted by Gasteiger charge is -2.36. The molecule has 3 aromatic heterocycles. The largest absolute Gasteiger partial charge is 0.494 e. The van der Waals surface area contributed by atoms with Gasteiger partial charge in [-0.1, -0.05) is 12.2 Å². The van der Waals surface area contributed by atoms with Crippen molar-refractivity contribution < 1.29 is 14.3 Å². The smallest absolute Gasteiger partial charge is 0.295 e. The van der Waals surface area contributed by atoms with Crippen molar-refractivity contribution in [2.24, 2.45) is 0 Å². The summed E-state index contributed by atoms with van der Waals surface area (Å²) in [5, 5.41) is 0.601. The highest BCUT2D eigenvalue weighted by Crippen LogP contribution is 2.31. The molecule has 5 rings (SSSR count). The molecule has 1 N–H and O–H groups in total. The van der Waals surface area contributed by atoms with Gasteiger partial charge in [-0.05, 0) is 31.4 Å². The lowest BCUT2D eigenvalue weighted by molar-refractivity contribution is -0.126. The maximum absolute atomic E-state index is 13.1. The zero-order chi connectivity index (χ0) is 22.2. The van der Waals surface area contributed by atoms with Gasteiger partial charge in [0.25, 0.3) is 11.7 Å². The summed E-state index contributed by atoms with van der Waals surface area (Å²) in [6.07, 6.45) is 11.4. The molecule has 0 unspecified atom stereocenters. The first-order valence-corrected chi connectivity index (χ1v) is 10.8. The van der Waals surface area contributed by atoms with Gasteiger partial charge < -0.3 is 19.5 Å². The van der Waals surface area contributed by atoms with E-state index in [-0.39, 0.29) is 0 Å². The van der Waals surface area contributed by atoms with Gasteiger partial charge in [0.1, 0.15) is 11.6 Å². The molecule has 8 nitrogen and oxygen atoms in total. The first kappa shape index (κ1) is 20.2. The van der Waals surface area contributed by atoms with E-state index in [0.29, 0.717) is 48.4 Å². The summed E-state index contributed by atoms with van der Waals surface area (Å²) in [5.41, 5.74) is 4.25. The van der Waals surface area contributed by atoms with Crippen LogP contribution in [0.15, 0.2) is 30.7 Å². The molecule has 0 spiro atoms. The van der Waals surface area contributed by atoms with Crippen LogP contribution in [-0.4, -0.2) is 64.8 Å². The summed E-state index contributed by atoms with van der Waals surface area (Å²) in [6.45, 7) is 4.06. The van der Waals surface area contributed by atoms with Gasteiger partial charge in [-0.15, -0.1) is 0 Å². The van der Waals surface area contributed by atoms with Gasteiger partial charge >= 0.3 is 0 Å². The van der Waals surface area contributed by atoms with E-state index < -0.39 is 11.7 Å². The lowest BCUT2D eigenvalue weighted by Crippen LogP contribution is -2.51. The summed E-state index contributed by atoms with van der Waals surface area (Å²) in [6, 6.07) is 2.08. The Balaban J connectivity index is 1.34. The van der Waals surface area contributed by atoms with E-state index in [2.05, 4.69) is 38.1 Å². The number of rotatable bonds is 4. The zero-order valence-electron chi connectivity index (χ0n) is 18.2. The van der Waals surface area contributed by atoms with Crippen LogP contribution in [0.25, 0.3) is 17.0 Å². The van der Waals surface area contributed by atoms with Crippen molar-refractivity contribution in [1.29, 1.82) is 0 Å². The van der Waals surface area contributed by atoms with Gasteiger partial charge in [-0.3, -0.25) is 14.6 Å². The molecule has 1 aliphatic heterocycles. The van der Waals surface area contributed by atoms with Crippen LogP contribution < -0.4 is 9.64 Å². The molecule has 4 heterocycles. The van der Waals surface area contributed by atoms with E-state index in [0.717, 1.165) is 24.4 Å². The van der Waals surface area contributed by atoms with E-state index >= 15 is 0 Å². The number of aromatic nitrogens is 3. The molecule has 0 bridgehead atoms. The summed E-state index contributed by atoms with van der Waals surface area (Å²) >= 11 is 0. The molecule has 1 amide bonds. The van der Waals surface area contributed by atoms with E-state index in [1.54, 1.807) is 17.3 Å². The summed E-state index contributed by atoms with van der Waals surface area (Å²) < 4.78 is 5.39. The number of aryl methyl sites for hydroxylation is 2. The molecule has 164 valence electrons. The van der Waals surface area contributed by atoms with Crippen molar-refractivity contribution in [3.05, 3.63) is 53.1 Å². The lowest BCUT2D eigenvalue weighted by atomic mass is 9.98. The van der Waals surface area contributed by atoms with Crippen LogP contribution in [0.5, 0.6) is 5.75 Å². The van der Waals surface area contributed by atoms with Crippen LogP contribution in [0, 0.1) is 6.92 Å². The van der Waals surface area contributed by atoms with Crippen LogP contribution in [0.3, 0.4) is 0 Å². The average Bonchev–Trinajstić information content (AvgIpc) is 3.29. The van der Waals surface area contributed by atoms with Gasteiger partial charge in [-0.25, -0.2) is 4.98 Å². The standard InChI is InChI=1S/C24H25N5O3/c1-15-21-20(19(32-2)14-26-15)18(13-27-21)22(30)24(31)29-11-9-28(10-12-29)23-17-6-4-3-5-16(17)7-8-25-23/h4,6-8,13-14,27H,3,5,9-12H2,1-2H3. The molecule has 0 atom stereocenters. The number of anilines is 1. The molecule has 2 aliphatic rings.